The van der Waals surface area contributed by atoms with Crippen molar-refractivity contribution < 1.29 is 9.47 Å². The van der Waals surface area contributed by atoms with Crippen LogP contribution < -0.4 is 14.8 Å². The van der Waals surface area contributed by atoms with Crippen LogP contribution in [0.3, 0.4) is 0 Å². The molecular formula is C19H20N2O2S. The Bertz CT molecular complexity index is 771. The standard InChI is InChI=1S/C19H20N2O2S/c1-14-6-8-15(9-7-14)13-23-18-16(4-3-5-17(18)22-2)12-21-19-20-10-11-24-19/h3-11H,12-13H2,1-2H3,(H,20,21). The highest BCUT2D eigenvalue weighted by molar-refractivity contribution is 7.13. The molecule has 0 atom stereocenters. The van der Waals surface area contributed by atoms with Gasteiger partial charge < -0.3 is 14.8 Å². The number of methoxy groups -OCH3 is 1. The van der Waals surface area contributed by atoms with Gasteiger partial charge in [0.2, 0.25) is 0 Å². The summed E-state index contributed by atoms with van der Waals surface area (Å²) < 4.78 is 11.5. The number of para-hydroxylation sites is 1. The van der Waals surface area contributed by atoms with Crippen molar-refractivity contribution in [1.29, 1.82) is 0 Å². The normalized spacial score (nSPS) is 10.4. The molecule has 0 aliphatic heterocycles. The number of nitrogens with one attached hydrogen (secondary N) is 1. The van der Waals surface area contributed by atoms with Crippen molar-refractivity contribution in [2.75, 3.05) is 12.4 Å². The number of nitrogens with zero attached hydrogens (tertiary/aromatic N) is 1. The Hall–Kier alpha value is -2.53. The van der Waals surface area contributed by atoms with Crippen LogP contribution in [0.25, 0.3) is 0 Å². The second-order valence-corrected chi connectivity index (χ2v) is 6.31. The van der Waals surface area contributed by atoms with E-state index in [4.69, 9.17) is 9.47 Å². The number of rotatable bonds is 7. The van der Waals surface area contributed by atoms with E-state index < -0.39 is 0 Å². The van der Waals surface area contributed by atoms with Crippen molar-refractivity contribution in [3.8, 4) is 11.5 Å². The summed E-state index contributed by atoms with van der Waals surface area (Å²) in [7, 11) is 1.66. The van der Waals surface area contributed by atoms with Crippen LogP contribution in [0.1, 0.15) is 16.7 Å². The van der Waals surface area contributed by atoms with Gasteiger partial charge in [0.05, 0.1) is 7.11 Å². The smallest absolute Gasteiger partial charge is 0.182 e. The van der Waals surface area contributed by atoms with Gasteiger partial charge >= 0.3 is 0 Å². The zero-order valence-electron chi connectivity index (χ0n) is 13.8. The summed E-state index contributed by atoms with van der Waals surface area (Å²) in [4.78, 5) is 4.24. The molecule has 1 heterocycles. The quantitative estimate of drug-likeness (QED) is 0.680. The van der Waals surface area contributed by atoms with Gasteiger partial charge in [0.1, 0.15) is 6.61 Å². The number of ether oxygens (including phenoxy) is 2. The first-order chi connectivity index (χ1) is 11.8. The predicted octanol–water partition coefficient (Wildman–Crippen LogP) is 4.65. The van der Waals surface area contributed by atoms with E-state index in [0.717, 1.165) is 27.8 Å². The van der Waals surface area contributed by atoms with E-state index in [1.54, 1.807) is 24.6 Å². The van der Waals surface area contributed by atoms with Gasteiger partial charge in [0.15, 0.2) is 16.6 Å². The fourth-order valence-electron chi connectivity index (χ4n) is 2.35. The van der Waals surface area contributed by atoms with E-state index in [0.29, 0.717) is 13.2 Å². The van der Waals surface area contributed by atoms with Crippen molar-refractivity contribution in [2.45, 2.75) is 20.1 Å². The van der Waals surface area contributed by atoms with Crippen molar-refractivity contribution in [3.63, 3.8) is 0 Å². The van der Waals surface area contributed by atoms with E-state index in [1.165, 1.54) is 5.56 Å². The summed E-state index contributed by atoms with van der Waals surface area (Å²) in [6.45, 7) is 3.21. The molecule has 0 aliphatic carbocycles. The van der Waals surface area contributed by atoms with Crippen LogP contribution in [0.2, 0.25) is 0 Å². The zero-order chi connectivity index (χ0) is 16.8. The van der Waals surface area contributed by atoms with Gasteiger partial charge in [-0.2, -0.15) is 0 Å². The molecular weight excluding hydrogens is 320 g/mol. The van der Waals surface area contributed by atoms with Crippen molar-refractivity contribution in [3.05, 3.63) is 70.7 Å². The molecule has 5 heteroatoms. The first kappa shape index (κ1) is 16.3. The third-order valence-electron chi connectivity index (χ3n) is 3.65. The minimum absolute atomic E-state index is 0.505. The van der Waals surface area contributed by atoms with Gasteiger partial charge in [-0.25, -0.2) is 4.98 Å². The number of hydrogen-bond acceptors (Lipinski definition) is 5. The first-order valence-corrected chi connectivity index (χ1v) is 8.62. The summed E-state index contributed by atoms with van der Waals surface area (Å²) in [5.41, 5.74) is 3.41. The molecule has 4 nitrogen and oxygen atoms in total. The van der Waals surface area contributed by atoms with Crippen molar-refractivity contribution in [2.24, 2.45) is 0 Å². The van der Waals surface area contributed by atoms with Gasteiger partial charge in [-0.3, -0.25) is 0 Å². The SMILES string of the molecule is COc1cccc(CNc2nccs2)c1OCc1ccc(C)cc1. The second-order valence-electron chi connectivity index (χ2n) is 5.41. The lowest BCUT2D eigenvalue weighted by Gasteiger charge is -2.15. The van der Waals surface area contributed by atoms with Gasteiger partial charge in [0.25, 0.3) is 0 Å². The van der Waals surface area contributed by atoms with E-state index in [1.807, 2.05) is 23.6 Å². The molecule has 1 aromatic heterocycles. The van der Waals surface area contributed by atoms with Crippen LogP contribution in [0.5, 0.6) is 11.5 Å². The Morgan fingerprint density at radius 3 is 2.67 bits per heavy atom. The second kappa shape index (κ2) is 7.84. The molecule has 0 bridgehead atoms. The first-order valence-electron chi connectivity index (χ1n) is 7.74. The Morgan fingerprint density at radius 1 is 1.12 bits per heavy atom. The lowest BCUT2D eigenvalue weighted by molar-refractivity contribution is 0.281. The Morgan fingerprint density at radius 2 is 1.96 bits per heavy atom. The molecule has 2 aromatic carbocycles. The fourth-order valence-corrected chi connectivity index (χ4v) is 2.87. The molecule has 3 rings (SSSR count). The highest BCUT2D eigenvalue weighted by Crippen LogP contribution is 2.32. The highest BCUT2D eigenvalue weighted by Gasteiger charge is 2.11. The highest BCUT2D eigenvalue weighted by atomic mass is 32.1. The summed E-state index contributed by atoms with van der Waals surface area (Å²) in [5.74, 6) is 1.50. The summed E-state index contributed by atoms with van der Waals surface area (Å²) in [5, 5.41) is 6.15. The van der Waals surface area contributed by atoms with Crippen LogP contribution >= 0.6 is 11.3 Å². The lowest BCUT2D eigenvalue weighted by Crippen LogP contribution is -2.05. The molecule has 0 saturated heterocycles. The molecule has 0 amide bonds. The molecule has 0 radical (unpaired) electrons. The zero-order valence-corrected chi connectivity index (χ0v) is 14.6. The minimum Gasteiger partial charge on any atom is -0.493 e. The van der Waals surface area contributed by atoms with Crippen LogP contribution in [0, 0.1) is 6.92 Å². The third kappa shape index (κ3) is 4.06. The van der Waals surface area contributed by atoms with Gasteiger partial charge in [-0.05, 0) is 18.6 Å². The summed E-state index contributed by atoms with van der Waals surface area (Å²) in [6, 6.07) is 14.3. The average Bonchev–Trinajstić information content (AvgIpc) is 3.13. The fraction of sp³-hybridized carbons (Fsp3) is 0.211. The van der Waals surface area contributed by atoms with E-state index in [-0.39, 0.29) is 0 Å². The molecule has 0 fully saturated rings. The molecule has 3 aromatic rings. The average molecular weight is 340 g/mol. The number of aromatic nitrogens is 1. The maximum Gasteiger partial charge on any atom is 0.182 e. The molecule has 0 spiro atoms. The van der Waals surface area contributed by atoms with E-state index >= 15 is 0 Å². The van der Waals surface area contributed by atoms with E-state index in [2.05, 4.69) is 41.5 Å². The maximum absolute atomic E-state index is 6.07. The molecule has 24 heavy (non-hydrogen) atoms. The molecule has 0 aliphatic rings. The van der Waals surface area contributed by atoms with Crippen LogP contribution in [0.4, 0.5) is 5.13 Å². The Balaban J connectivity index is 1.75. The molecule has 0 saturated carbocycles. The summed E-state index contributed by atoms with van der Waals surface area (Å²) >= 11 is 1.58. The Labute approximate surface area is 146 Å². The Kier molecular flexibility index (Phi) is 5.33. The van der Waals surface area contributed by atoms with Crippen molar-refractivity contribution in [1.82, 2.24) is 4.98 Å². The monoisotopic (exact) mass is 340 g/mol. The number of thiazole rings is 1. The lowest BCUT2D eigenvalue weighted by atomic mass is 10.1. The maximum atomic E-state index is 6.07. The molecule has 124 valence electrons. The van der Waals surface area contributed by atoms with Gasteiger partial charge in [-0.1, -0.05) is 42.0 Å². The van der Waals surface area contributed by atoms with Crippen molar-refractivity contribution >= 4 is 16.5 Å². The van der Waals surface area contributed by atoms with Gasteiger partial charge in [0, 0.05) is 23.7 Å². The number of aryl methyl sites for hydroxylation is 1. The van der Waals surface area contributed by atoms with E-state index in [9.17, 15) is 0 Å². The van der Waals surface area contributed by atoms with Crippen LogP contribution in [-0.2, 0) is 13.2 Å². The van der Waals surface area contributed by atoms with Crippen LogP contribution in [0.15, 0.2) is 54.0 Å². The molecule has 1 N–H and O–H groups in total. The van der Waals surface area contributed by atoms with Gasteiger partial charge in [-0.15, -0.1) is 11.3 Å². The number of benzene rings is 2. The topological polar surface area (TPSA) is 43.4 Å². The predicted molar refractivity (Wildman–Crippen MR) is 97.9 cm³/mol. The van der Waals surface area contributed by atoms with Crippen LogP contribution in [-0.4, -0.2) is 12.1 Å². The minimum atomic E-state index is 0.505. The summed E-state index contributed by atoms with van der Waals surface area (Å²) in [6.07, 6.45) is 1.79. The number of anilines is 1. The largest absolute Gasteiger partial charge is 0.493 e. The third-order valence-corrected chi connectivity index (χ3v) is 4.38. The molecule has 0 unspecified atom stereocenters. The number of hydrogen-bond donors (Lipinski definition) is 1.